The SMILES string of the molecule is CCCc1c(OCC(=O)OCC)ccc(C(=O)CN2C=C3C=CC(C#N)C(=O)C3C2)c1O. The number of nitrogens with zero attached hydrogens (tertiary/aromatic N) is 2. The minimum Gasteiger partial charge on any atom is -0.507 e. The van der Waals surface area contributed by atoms with Crippen molar-refractivity contribution in [3.05, 3.63) is 47.2 Å². The summed E-state index contributed by atoms with van der Waals surface area (Å²) in [5.41, 5.74) is 1.40. The van der Waals surface area contributed by atoms with Crippen LogP contribution in [0.2, 0.25) is 0 Å². The Morgan fingerprint density at radius 3 is 2.78 bits per heavy atom. The van der Waals surface area contributed by atoms with Gasteiger partial charge in [0.25, 0.3) is 0 Å². The van der Waals surface area contributed by atoms with Gasteiger partial charge in [0.15, 0.2) is 18.2 Å². The fraction of sp³-hybridized carbons (Fsp3) is 0.417. The zero-order valence-corrected chi connectivity index (χ0v) is 18.2. The van der Waals surface area contributed by atoms with Gasteiger partial charge in [-0.3, -0.25) is 9.59 Å². The molecular weight excluding hydrogens is 412 g/mol. The van der Waals surface area contributed by atoms with Crippen LogP contribution in [0.4, 0.5) is 0 Å². The van der Waals surface area contributed by atoms with Crippen molar-refractivity contribution in [1.82, 2.24) is 4.90 Å². The normalized spacial score (nSPS) is 19.2. The van der Waals surface area contributed by atoms with E-state index >= 15 is 0 Å². The molecule has 1 aromatic rings. The highest BCUT2D eigenvalue weighted by atomic mass is 16.6. The van der Waals surface area contributed by atoms with Crippen LogP contribution >= 0.6 is 0 Å². The highest BCUT2D eigenvalue weighted by Crippen LogP contribution is 2.34. The molecule has 0 aromatic heterocycles. The summed E-state index contributed by atoms with van der Waals surface area (Å²) in [6.07, 6.45) is 6.27. The Kier molecular flexibility index (Phi) is 7.31. The average Bonchev–Trinajstić information content (AvgIpc) is 3.18. The van der Waals surface area contributed by atoms with Gasteiger partial charge in [0.05, 0.1) is 30.7 Å². The van der Waals surface area contributed by atoms with Gasteiger partial charge >= 0.3 is 5.97 Å². The van der Waals surface area contributed by atoms with E-state index in [4.69, 9.17) is 14.7 Å². The Bertz CT molecular complexity index is 1020. The first-order valence-electron chi connectivity index (χ1n) is 10.6. The Balaban J connectivity index is 1.73. The number of carbonyl (C=O) groups excluding carboxylic acids is 3. The molecule has 0 fully saturated rings. The summed E-state index contributed by atoms with van der Waals surface area (Å²) in [7, 11) is 0. The third-order valence-electron chi connectivity index (χ3n) is 5.46. The second-order valence-corrected chi connectivity index (χ2v) is 7.68. The Morgan fingerprint density at radius 1 is 1.31 bits per heavy atom. The molecule has 0 spiro atoms. The largest absolute Gasteiger partial charge is 0.507 e. The topological polar surface area (TPSA) is 117 Å². The van der Waals surface area contributed by atoms with Crippen LogP contribution in [-0.4, -0.2) is 53.8 Å². The van der Waals surface area contributed by atoms with Crippen molar-refractivity contribution in [2.24, 2.45) is 11.8 Å². The summed E-state index contributed by atoms with van der Waals surface area (Å²) < 4.78 is 10.4. The number of allylic oxidation sites excluding steroid dienone is 2. The van der Waals surface area contributed by atoms with E-state index in [1.54, 1.807) is 36.2 Å². The van der Waals surface area contributed by atoms with Crippen molar-refractivity contribution in [3.63, 3.8) is 0 Å². The number of fused-ring (bicyclic) bond motifs is 1. The van der Waals surface area contributed by atoms with E-state index in [9.17, 15) is 19.5 Å². The van der Waals surface area contributed by atoms with Gasteiger partial charge in [-0.15, -0.1) is 0 Å². The maximum atomic E-state index is 12.9. The highest BCUT2D eigenvalue weighted by molar-refractivity contribution is 6.01. The molecule has 2 aliphatic rings. The predicted octanol–water partition coefficient (Wildman–Crippen LogP) is 2.56. The molecule has 1 aliphatic heterocycles. The zero-order valence-electron chi connectivity index (χ0n) is 18.2. The lowest BCUT2D eigenvalue weighted by Crippen LogP contribution is -2.31. The number of ether oxygens (including phenoxy) is 2. The molecule has 8 nitrogen and oxygen atoms in total. The summed E-state index contributed by atoms with van der Waals surface area (Å²) in [6, 6.07) is 5.03. The first-order valence-corrected chi connectivity index (χ1v) is 10.6. The summed E-state index contributed by atoms with van der Waals surface area (Å²) in [5.74, 6) is -1.98. The van der Waals surface area contributed by atoms with Crippen molar-refractivity contribution in [2.75, 3.05) is 26.3 Å². The summed E-state index contributed by atoms with van der Waals surface area (Å²) in [5, 5.41) is 19.9. The second-order valence-electron chi connectivity index (χ2n) is 7.68. The average molecular weight is 438 g/mol. The zero-order chi connectivity index (χ0) is 23.3. The number of Topliss-reactive ketones (excluding diaryl/α,β-unsaturated/α-hetero) is 2. The fourth-order valence-corrected chi connectivity index (χ4v) is 3.92. The Labute approximate surface area is 186 Å². The maximum Gasteiger partial charge on any atom is 0.344 e. The smallest absolute Gasteiger partial charge is 0.344 e. The van der Waals surface area contributed by atoms with Crippen LogP contribution in [0.15, 0.2) is 36.1 Å². The first kappa shape index (κ1) is 23.1. The molecule has 2 atom stereocenters. The minimum atomic E-state index is -0.754. The van der Waals surface area contributed by atoms with Gasteiger partial charge in [-0.05, 0) is 31.1 Å². The fourth-order valence-electron chi connectivity index (χ4n) is 3.92. The molecule has 0 amide bonds. The monoisotopic (exact) mass is 438 g/mol. The number of esters is 1. The van der Waals surface area contributed by atoms with Crippen LogP contribution < -0.4 is 4.74 Å². The number of benzene rings is 1. The number of phenolic OH excluding ortho intramolecular Hbond substituents is 1. The number of aromatic hydroxyl groups is 1. The van der Waals surface area contributed by atoms with Crippen molar-refractivity contribution >= 4 is 17.5 Å². The van der Waals surface area contributed by atoms with E-state index in [0.717, 1.165) is 5.57 Å². The number of ketones is 2. The molecule has 3 rings (SSSR count). The molecule has 32 heavy (non-hydrogen) atoms. The van der Waals surface area contributed by atoms with Gasteiger partial charge in [0, 0.05) is 18.3 Å². The third kappa shape index (κ3) is 4.83. The van der Waals surface area contributed by atoms with E-state index in [0.29, 0.717) is 30.7 Å². The van der Waals surface area contributed by atoms with Crippen LogP contribution in [-0.2, 0) is 20.7 Å². The number of phenols is 1. The summed E-state index contributed by atoms with van der Waals surface area (Å²) in [4.78, 5) is 38.6. The minimum absolute atomic E-state index is 0.0134. The maximum absolute atomic E-state index is 12.9. The van der Waals surface area contributed by atoms with Gasteiger partial charge in [-0.2, -0.15) is 5.26 Å². The molecule has 0 saturated heterocycles. The van der Waals surface area contributed by atoms with E-state index in [2.05, 4.69) is 0 Å². The summed E-state index contributed by atoms with van der Waals surface area (Å²) in [6.45, 7) is 3.90. The van der Waals surface area contributed by atoms with Gasteiger partial charge < -0.3 is 19.5 Å². The van der Waals surface area contributed by atoms with Crippen molar-refractivity contribution in [3.8, 4) is 17.6 Å². The van der Waals surface area contributed by atoms with Crippen LogP contribution in [0, 0.1) is 23.2 Å². The lowest BCUT2D eigenvalue weighted by molar-refractivity contribution is -0.145. The van der Waals surface area contributed by atoms with Gasteiger partial charge in [0.1, 0.15) is 17.4 Å². The molecular formula is C24H26N2O6. The van der Waals surface area contributed by atoms with E-state index in [1.165, 1.54) is 6.07 Å². The van der Waals surface area contributed by atoms with E-state index in [1.807, 2.05) is 13.0 Å². The molecule has 0 bridgehead atoms. The van der Waals surface area contributed by atoms with Gasteiger partial charge in [-0.25, -0.2) is 4.79 Å². The van der Waals surface area contributed by atoms with Crippen LogP contribution in [0.3, 0.4) is 0 Å². The lowest BCUT2D eigenvalue weighted by atomic mass is 9.84. The standard InChI is InChI=1S/C24H26N2O6/c1-3-5-18-21(32-14-22(28)31-4-2)9-8-17(24(18)30)20(27)13-26-11-16-7-6-15(10-25)23(29)19(16)12-26/h6-9,11,15,19,30H,3-5,12-14H2,1-2H3. The molecule has 8 heteroatoms. The molecule has 0 saturated carbocycles. The number of hydrogen-bond donors (Lipinski definition) is 1. The van der Waals surface area contributed by atoms with Crippen molar-refractivity contribution in [2.45, 2.75) is 26.7 Å². The molecule has 1 N–H and O–H groups in total. The number of rotatable bonds is 9. The highest BCUT2D eigenvalue weighted by Gasteiger charge is 2.36. The molecule has 1 heterocycles. The van der Waals surface area contributed by atoms with Crippen LogP contribution in [0.1, 0.15) is 36.2 Å². The lowest BCUT2D eigenvalue weighted by Gasteiger charge is -2.20. The van der Waals surface area contributed by atoms with Crippen molar-refractivity contribution in [1.29, 1.82) is 5.26 Å². The second kappa shape index (κ2) is 10.1. The third-order valence-corrected chi connectivity index (χ3v) is 5.46. The molecule has 168 valence electrons. The van der Waals surface area contributed by atoms with Crippen LogP contribution in [0.25, 0.3) is 0 Å². The van der Waals surface area contributed by atoms with Gasteiger partial charge in [0.2, 0.25) is 0 Å². The van der Waals surface area contributed by atoms with Gasteiger partial charge in [-0.1, -0.05) is 25.5 Å². The predicted molar refractivity (Wildman–Crippen MR) is 115 cm³/mol. The van der Waals surface area contributed by atoms with Crippen molar-refractivity contribution < 1.29 is 29.0 Å². The molecule has 1 aromatic carbocycles. The number of hydrogen-bond acceptors (Lipinski definition) is 8. The van der Waals surface area contributed by atoms with E-state index < -0.39 is 17.8 Å². The van der Waals surface area contributed by atoms with Crippen LogP contribution in [0.5, 0.6) is 11.5 Å². The van der Waals surface area contributed by atoms with E-state index in [-0.39, 0.29) is 42.6 Å². The molecule has 2 unspecified atom stereocenters. The first-order chi connectivity index (χ1) is 15.4. The summed E-state index contributed by atoms with van der Waals surface area (Å²) >= 11 is 0. The molecule has 1 aliphatic carbocycles. The number of nitriles is 1. The molecule has 0 radical (unpaired) electrons. The Morgan fingerprint density at radius 2 is 2.09 bits per heavy atom. The Hall–Kier alpha value is -3.60. The quantitative estimate of drug-likeness (QED) is 0.462. The number of carbonyl (C=O) groups is 3.